The highest BCUT2D eigenvalue weighted by Crippen LogP contribution is 2.16. The molecule has 0 bridgehead atoms. The maximum atomic E-state index is 12.7. The molecule has 4 N–H and O–H groups in total. The van der Waals surface area contributed by atoms with Gasteiger partial charge in [-0.2, -0.15) is 0 Å². The van der Waals surface area contributed by atoms with Crippen molar-refractivity contribution < 1.29 is 38.9 Å². The molecule has 0 aromatic carbocycles. The van der Waals surface area contributed by atoms with E-state index in [0.717, 1.165) is 70.6 Å². The van der Waals surface area contributed by atoms with E-state index in [1.54, 1.807) is 0 Å². The molecule has 1 saturated heterocycles. The van der Waals surface area contributed by atoms with Gasteiger partial charge in [0.05, 0.1) is 26.1 Å². The molecule has 1 fully saturated rings. The average molecular weight is 529 g/mol. The van der Waals surface area contributed by atoms with Crippen LogP contribution in [0.1, 0.15) is 110 Å². The highest BCUT2D eigenvalue weighted by Gasteiger charge is 2.31. The summed E-state index contributed by atoms with van der Waals surface area (Å²) in [6.07, 6.45) is 9.74. The van der Waals surface area contributed by atoms with Gasteiger partial charge >= 0.3 is 11.9 Å². The summed E-state index contributed by atoms with van der Waals surface area (Å²) in [7, 11) is 0. The second-order valence-electron chi connectivity index (χ2n) is 9.89. The van der Waals surface area contributed by atoms with Gasteiger partial charge in [0, 0.05) is 0 Å². The molecule has 1 aliphatic rings. The van der Waals surface area contributed by atoms with Gasteiger partial charge in [-0.25, -0.2) is 9.59 Å². The van der Waals surface area contributed by atoms with Gasteiger partial charge in [0.25, 0.3) is 0 Å². The molecular weight excluding hydrogens is 480 g/mol. The van der Waals surface area contributed by atoms with Gasteiger partial charge in [-0.15, -0.1) is 0 Å². The molecule has 214 valence electrons. The van der Waals surface area contributed by atoms with E-state index >= 15 is 0 Å². The largest absolute Gasteiger partial charge is 0.460 e. The molecule has 0 radical (unpaired) electrons. The quantitative estimate of drug-likeness (QED) is 0.187. The molecule has 0 aliphatic carbocycles. The fourth-order valence-corrected chi connectivity index (χ4v) is 4.30. The second kappa shape index (κ2) is 19.9. The summed E-state index contributed by atoms with van der Waals surface area (Å²) in [5.74, 6) is -2.75. The maximum absolute atomic E-state index is 12.7. The number of amides is 2. The van der Waals surface area contributed by atoms with E-state index < -0.39 is 61.3 Å². The van der Waals surface area contributed by atoms with Crippen LogP contribution < -0.4 is 10.6 Å². The average Bonchev–Trinajstić information content (AvgIpc) is 2.86. The van der Waals surface area contributed by atoms with Gasteiger partial charge in [-0.05, 0) is 25.7 Å². The smallest absolute Gasteiger partial charge is 0.331 e. The van der Waals surface area contributed by atoms with Crippen LogP contribution >= 0.6 is 0 Å². The van der Waals surface area contributed by atoms with Crippen molar-refractivity contribution in [2.75, 3.05) is 13.2 Å². The molecule has 1 heterocycles. The number of carbonyl (C=O) groups is 4. The van der Waals surface area contributed by atoms with Gasteiger partial charge in [0.2, 0.25) is 11.8 Å². The first-order valence-corrected chi connectivity index (χ1v) is 14.1. The summed E-state index contributed by atoms with van der Waals surface area (Å²) in [5, 5.41) is 24.4. The predicted octanol–water partition coefficient (Wildman–Crippen LogP) is 2.67. The number of unbranched alkanes of at least 4 members (excludes halogenated alkanes) is 9. The van der Waals surface area contributed by atoms with Crippen LogP contribution in [-0.4, -0.2) is 71.5 Å². The summed E-state index contributed by atoms with van der Waals surface area (Å²) < 4.78 is 11.0. The molecule has 10 nitrogen and oxygen atoms in total. The lowest BCUT2D eigenvalue weighted by Gasteiger charge is -2.25. The van der Waals surface area contributed by atoms with Crippen LogP contribution in [0.15, 0.2) is 0 Å². The number of aliphatic hydroxyl groups is 2. The van der Waals surface area contributed by atoms with Crippen molar-refractivity contribution in [3.05, 3.63) is 0 Å². The van der Waals surface area contributed by atoms with Gasteiger partial charge in [-0.3, -0.25) is 9.59 Å². The molecule has 0 aromatic heterocycles. The number of rotatable bonds is 15. The molecule has 1 rings (SSSR count). The number of ether oxygens (including phenoxy) is 2. The van der Waals surface area contributed by atoms with E-state index in [2.05, 4.69) is 24.5 Å². The molecule has 4 unspecified atom stereocenters. The number of carbonyl (C=O) groups excluding carboxylic acids is 4. The molecular formula is C27H48N2O8. The van der Waals surface area contributed by atoms with Crippen molar-refractivity contribution >= 4 is 23.8 Å². The van der Waals surface area contributed by atoms with Crippen LogP contribution in [0, 0.1) is 0 Å². The minimum absolute atomic E-state index is 0.211. The van der Waals surface area contributed by atoms with E-state index in [1.165, 1.54) is 0 Å². The fourth-order valence-electron chi connectivity index (χ4n) is 4.30. The zero-order valence-electron chi connectivity index (χ0n) is 22.7. The monoisotopic (exact) mass is 528 g/mol. The van der Waals surface area contributed by atoms with E-state index in [-0.39, 0.29) is 12.8 Å². The maximum Gasteiger partial charge on any atom is 0.331 e. The predicted molar refractivity (Wildman–Crippen MR) is 138 cm³/mol. The normalized spacial score (nSPS) is 24.0. The summed E-state index contributed by atoms with van der Waals surface area (Å²) >= 11 is 0. The highest BCUT2D eigenvalue weighted by molar-refractivity contribution is 5.87. The topological polar surface area (TPSA) is 151 Å². The zero-order valence-corrected chi connectivity index (χ0v) is 22.7. The number of hydrogen-bond acceptors (Lipinski definition) is 8. The van der Waals surface area contributed by atoms with Crippen LogP contribution in [0.5, 0.6) is 0 Å². The van der Waals surface area contributed by atoms with Crippen molar-refractivity contribution in [3.8, 4) is 0 Å². The van der Waals surface area contributed by atoms with Crippen molar-refractivity contribution in [1.29, 1.82) is 0 Å². The van der Waals surface area contributed by atoms with Crippen LogP contribution in [0.2, 0.25) is 0 Å². The minimum atomic E-state index is -1.28. The van der Waals surface area contributed by atoms with E-state index in [0.29, 0.717) is 12.8 Å². The SMILES string of the molecule is CCCCCCCCC1CC(=O)NC(CO)C(=O)OC(CCCCCCC)CC(=O)NC(CO)C(=O)O1. The zero-order chi connectivity index (χ0) is 27.5. The van der Waals surface area contributed by atoms with Crippen molar-refractivity contribution in [2.45, 2.75) is 134 Å². The number of cyclic esters (lactones) is 2. The van der Waals surface area contributed by atoms with Gasteiger partial charge in [0.1, 0.15) is 12.2 Å². The Morgan fingerprint density at radius 2 is 0.973 bits per heavy atom. The first-order valence-electron chi connectivity index (χ1n) is 14.1. The standard InChI is InChI=1S/C27H48N2O8/c1-3-5-7-9-11-13-15-21-17-25(33)29-22(18-30)26(34)36-20(14-12-10-8-6-4-2)16-24(32)28-23(19-31)27(35)37-21/h20-23,30-31H,3-19H2,1-2H3,(H,28,32)(H,29,33). The van der Waals surface area contributed by atoms with Crippen LogP contribution in [0.25, 0.3) is 0 Å². The Morgan fingerprint density at radius 3 is 1.32 bits per heavy atom. The third kappa shape index (κ3) is 14.4. The second-order valence-corrected chi connectivity index (χ2v) is 9.89. The number of aliphatic hydroxyl groups excluding tert-OH is 2. The number of hydrogen-bond donors (Lipinski definition) is 4. The van der Waals surface area contributed by atoms with Gasteiger partial charge < -0.3 is 30.3 Å². The first-order chi connectivity index (χ1) is 17.8. The van der Waals surface area contributed by atoms with Crippen molar-refractivity contribution in [2.24, 2.45) is 0 Å². The summed E-state index contributed by atoms with van der Waals surface area (Å²) in [5.41, 5.74) is 0. The third-order valence-corrected chi connectivity index (χ3v) is 6.51. The number of esters is 2. The molecule has 37 heavy (non-hydrogen) atoms. The fraction of sp³-hybridized carbons (Fsp3) is 0.852. The Bertz CT molecular complexity index is 687. The lowest BCUT2D eigenvalue weighted by Crippen LogP contribution is -2.49. The Kier molecular flexibility index (Phi) is 17.6. The van der Waals surface area contributed by atoms with Crippen molar-refractivity contribution in [1.82, 2.24) is 10.6 Å². The molecule has 2 amide bonds. The van der Waals surface area contributed by atoms with Crippen molar-refractivity contribution in [3.63, 3.8) is 0 Å². The van der Waals surface area contributed by atoms with E-state index in [4.69, 9.17) is 9.47 Å². The lowest BCUT2D eigenvalue weighted by atomic mass is 10.0. The highest BCUT2D eigenvalue weighted by atomic mass is 16.6. The Morgan fingerprint density at radius 1 is 0.622 bits per heavy atom. The van der Waals surface area contributed by atoms with Crippen LogP contribution in [0.3, 0.4) is 0 Å². The molecule has 10 heteroatoms. The van der Waals surface area contributed by atoms with E-state index in [9.17, 15) is 29.4 Å². The number of nitrogens with one attached hydrogen (secondary N) is 2. The molecule has 0 aromatic rings. The van der Waals surface area contributed by atoms with Crippen LogP contribution in [-0.2, 0) is 28.7 Å². The van der Waals surface area contributed by atoms with Gasteiger partial charge in [-0.1, -0.05) is 71.6 Å². The van der Waals surface area contributed by atoms with Crippen LogP contribution in [0.4, 0.5) is 0 Å². The van der Waals surface area contributed by atoms with Gasteiger partial charge in [0.15, 0.2) is 12.1 Å². The summed E-state index contributed by atoms with van der Waals surface area (Å²) in [4.78, 5) is 50.8. The van der Waals surface area contributed by atoms with E-state index in [1.807, 2.05) is 0 Å². The Hall–Kier alpha value is -2.20. The summed E-state index contributed by atoms with van der Waals surface area (Å²) in [6.45, 7) is 2.92. The molecule has 4 atom stereocenters. The summed E-state index contributed by atoms with van der Waals surface area (Å²) in [6, 6.07) is -2.56. The molecule has 0 spiro atoms. The minimum Gasteiger partial charge on any atom is -0.460 e. The Labute approximate surface area is 221 Å². The third-order valence-electron chi connectivity index (χ3n) is 6.51. The molecule has 0 saturated carbocycles. The lowest BCUT2D eigenvalue weighted by molar-refractivity contribution is -0.160. The Balaban J connectivity index is 2.93. The first kappa shape index (κ1) is 32.8. The molecule has 1 aliphatic heterocycles.